The van der Waals surface area contributed by atoms with E-state index in [1.54, 1.807) is 13.8 Å². The lowest BCUT2D eigenvalue weighted by Gasteiger charge is -2.20. The van der Waals surface area contributed by atoms with Crippen molar-refractivity contribution in [1.82, 2.24) is 0 Å². The monoisotopic (exact) mass is 376 g/mol. The summed E-state index contributed by atoms with van der Waals surface area (Å²) >= 11 is 0. The summed E-state index contributed by atoms with van der Waals surface area (Å²) in [6.45, 7) is 3.34. The number of phenolic OH excluding ortho intramolecular Hbond substituents is 3. The fraction of sp³-hybridized carbons (Fsp3) is 0.176. The molecule has 0 spiro atoms. The molecule has 0 saturated carbocycles. The van der Waals surface area contributed by atoms with Crippen LogP contribution in [0.15, 0.2) is 36.4 Å². The van der Waals surface area contributed by atoms with E-state index in [1.165, 1.54) is 6.07 Å². The molecule has 0 aromatic heterocycles. The lowest BCUT2D eigenvalue weighted by molar-refractivity contribution is -0.386. The van der Waals surface area contributed by atoms with Crippen LogP contribution in [0.4, 0.5) is 11.4 Å². The highest BCUT2D eigenvalue weighted by Gasteiger charge is 2.19. The lowest BCUT2D eigenvalue weighted by atomic mass is 10.1. The van der Waals surface area contributed by atoms with E-state index in [1.807, 2.05) is 0 Å². The average Bonchev–Trinajstić information content (AvgIpc) is 2.54. The minimum atomic E-state index is -0.831. The quantitative estimate of drug-likeness (QED) is 0.417. The van der Waals surface area contributed by atoms with Crippen molar-refractivity contribution in [2.75, 3.05) is 0 Å². The number of ether oxygens (including phenoxy) is 1. The molecule has 3 N–H and O–H groups in total. The molecule has 142 valence electrons. The lowest BCUT2D eigenvalue weighted by Crippen LogP contribution is -2.25. The Balaban J connectivity index is 0.000000289. The van der Waals surface area contributed by atoms with E-state index in [-0.39, 0.29) is 17.2 Å². The number of benzene rings is 2. The maximum atomic E-state index is 10.4. The molecule has 10 heteroatoms. The van der Waals surface area contributed by atoms with Crippen LogP contribution in [0.5, 0.6) is 23.0 Å². The van der Waals surface area contributed by atoms with Gasteiger partial charge >= 0.3 is 11.4 Å². The van der Waals surface area contributed by atoms with E-state index in [4.69, 9.17) is 21.4 Å². The van der Waals surface area contributed by atoms with Crippen molar-refractivity contribution in [3.05, 3.63) is 56.6 Å². The first kappa shape index (κ1) is 21.0. The van der Waals surface area contributed by atoms with Crippen LogP contribution in [0.1, 0.15) is 13.8 Å². The third kappa shape index (κ3) is 6.09. The molecule has 2 rings (SSSR count). The predicted octanol–water partition coefficient (Wildman–Crippen LogP) is 3.10. The Labute approximate surface area is 153 Å². The zero-order chi connectivity index (χ0) is 20.8. The zero-order valence-electron chi connectivity index (χ0n) is 14.3. The van der Waals surface area contributed by atoms with Gasteiger partial charge in [0.2, 0.25) is 0 Å². The molecule has 0 fully saturated rings. The van der Waals surface area contributed by atoms with Crippen LogP contribution in [-0.2, 0) is 0 Å². The van der Waals surface area contributed by atoms with Crippen LogP contribution < -0.4 is 4.74 Å². The topological polar surface area (TPSA) is 156 Å². The number of nitro benzene ring substituents is 2. The molecule has 0 aliphatic carbocycles. The van der Waals surface area contributed by atoms with Crippen LogP contribution in [0.25, 0.3) is 0 Å². The normalized spacial score (nSPS) is 10.1. The summed E-state index contributed by atoms with van der Waals surface area (Å²) in [5, 5.41) is 47.5. The van der Waals surface area contributed by atoms with E-state index in [0.717, 1.165) is 30.3 Å². The largest absolute Gasteiger partial charge is 0.508 e. The number of rotatable bonds is 4. The second-order valence-electron chi connectivity index (χ2n) is 5.59. The van der Waals surface area contributed by atoms with Gasteiger partial charge in [-0.05, 0) is 26.0 Å². The van der Waals surface area contributed by atoms with Gasteiger partial charge in [-0.25, -0.2) is 0 Å². The molecule has 27 heavy (non-hydrogen) atoms. The highest BCUT2D eigenvalue weighted by molar-refractivity contribution is 5.50. The highest BCUT2D eigenvalue weighted by Crippen LogP contribution is 2.31. The Morgan fingerprint density at radius 1 is 0.963 bits per heavy atom. The SMILES string of the molecule is C#CC(C)(C)Oc1ccc([N+](=O)[O-])c(O)c1.O=[N+]([O-])c1ccc(O)cc1O. The van der Waals surface area contributed by atoms with Gasteiger partial charge in [0, 0.05) is 24.3 Å². The second kappa shape index (κ2) is 8.39. The Bertz CT molecular complexity index is 902. The first-order valence-electron chi connectivity index (χ1n) is 7.27. The minimum absolute atomic E-state index is 0.201. The Morgan fingerprint density at radius 2 is 1.44 bits per heavy atom. The molecule has 0 amide bonds. The molecule has 0 aliphatic rings. The first-order chi connectivity index (χ1) is 12.5. The van der Waals surface area contributed by atoms with Crippen LogP contribution in [0.3, 0.4) is 0 Å². The first-order valence-corrected chi connectivity index (χ1v) is 7.27. The summed E-state index contributed by atoms with van der Waals surface area (Å²) in [6, 6.07) is 6.80. The standard InChI is InChI=1S/C11H11NO4.C6H5NO4/c1-4-11(2,3)16-8-5-6-9(12(14)15)10(13)7-8;8-4-1-2-5(7(10)11)6(9)3-4/h1,5-7,13H,2-3H3;1-3,8-9H. The number of phenols is 3. The smallest absolute Gasteiger partial charge is 0.310 e. The molecule has 0 aliphatic heterocycles. The number of hydrogen-bond donors (Lipinski definition) is 3. The predicted molar refractivity (Wildman–Crippen MR) is 94.7 cm³/mol. The van der Waals surface area contributed by atoms with Gasteiger partial charge in [0.25, 0.3) is 0 Å². The molecule has 0 bridgehead atoms. The molecule has 0 heterocycles. The molecule has 0 unspecified atom stereocenters. The molecule has 0 saturated heterocycles. The molecular formula is C17H16N2O8. The number of nitro groups is 2. The van der Waals surface area contributed by atoms with Gasteiger partial charge in [-0.15, -0.1) is 6.42 Å². The van der Waals surface area contributed by atoms with E-state index < -0.39 is 32.6 Å². The van der Waals surface area contributed by atoms with E-state index >= 15 is 0 Å². The van der Waals surface area contributed by atoms with E-state index in [2.05, 4.69) is 5.92 Å². The van der Waals surface area contributed by atoms with Crippen molar-refractivity contribution in [3.63, 3.8) is 0 Å². The van der Waals surface area contributed by atoms with Crippen molar-refractivity contribution >= 4 is 11.4 Å². The van der Waals surface area contributed by atoms with E-state index in [9.17, 15) is 25.3 Å². The van der Waals surface area contributed by atoms with Gasteiger partial charge in [0.15, 0.2) is 17.1 Å². The van der Waals surface area contributed by atoms with Crippen LogP contribution in [0, 0.1) is 32.6 Å². The average molecular weight is 376 g/mol. The minimum Gasteiger partial charge on any atom is -0.508 e. The van der Waals surface area contributed by atoms with Crippen LogP contribution in [0.2, 0.25) is 0 Å². The van der Waals surface area contributed by atoms with Gasteiger partial charge in [-0.2, -0.15) is 0 Å². The summed E-state index contributed by atoms with van der Waals surface area (Å²) in [6.07, 6.45) is 5.22. The summed E-state index contributed by atoms with van der Waals surface area (Å²) < 4.78 is 5.35. The van der Waals surface area contributed by atoms with Crippen molar-refractivity contribution in [2.24, 2.45) is 0 Å². The van der Waals surface area contributed by atoms with Gasteiger partial charge in [0.05, 0.1) is 9.85 Å². The fourth-order valence-corrected chi connectivity index (χ4v) is 1.71. The summed E-state index contributed by atoms with van der Waals surface area (Å²) in [4.78, 5) is 19.1. The Hall–Kier alpha value is -4.00. The summed E-state index contributed by atoms with van der Waals surface area (Å²) in [5.41, 5.74) is -1.61. The second-order valence-corrected chi connectivity index (χ2v) is 5.59. The Morgan fingerprint density at radius 3 is 1.85 bits per heavy atom. The van der Waals surface area contributed by atoms with Crippen molar-refractivity contribution < 1.29 is 29.9 Å². The molecule has 0 radical (unpaired) electrons. The summed E-state index contributed by atoms with van der Waals surface area (Å²) in [5.74, 6) is 1.51. The maximum absolute atomic E-state index is 10.4. The van der Waals surface area contributed by atoms with Crippen molar-refractivity contribution in [2.45, 2.75) is 19.4 Å². The molecule has 10 nitrogen and oxygen atoms in total. The van der Waals surface area contributed by atoms with E-state index in [0.29, 0.717) is 0 Å². The summed E-state index contributed by atoms with van der Waals surface area (Å²) in [7, 11) is 0. The van der Waals surface area contributed by atoms with Crippen molar-refractivity contribution in [3.8, 4) is 35.3 Å². The van der Waals surface area contributed by atoms with Crippen LogP contribution in [-0.4, -0.2) is 30.8 Å². The van der Waals surface area contributed by atoms with Gasteiger partial charge in [0.1, 0.15) is 11.5 Å². The third-order valence-electron chi connectivity index (χ3n) is 3.02. The van der Waals surface area contributed by atoms with Gasteiger partial charge < -0.3 is 20.1 Å². The number of hydrogen-bond acceptors (Lipinski definition) is 8. The number of nitrogens with zero attached hydrogens (tertiary/aromatic N) is 2. The highest BCUT2D eigenvalue weighted by atomic mass is 16.6. The fourth-order valence-electron chi connectivity index (χ4n) is 1.71. The molecular weight excluding hydrogens is 360 g/mol. The Kier molecular flexibility index (Phi) is 6.54. The third-order valence-corrected chi connectivity index (χ3v) is 3.02. The zero-order valence-corrected chi connectivity index (χ0v) is 14.3. The number of aromatic hydroxyl groups is 3. The molecule has 0 atom stereocenters. The molecule has 2 aromatic carbocycles. The number of terminal acetylenes is 1. The molecule has 2 aromatic rings. The van der Waals surface area contributed by atoms with Crippen molar-refractivity contribution in [1.29, 1.82) is 0 Å². The van der Waals surface area contributed by atoms with Crippen LogP contribution >= 0.6 is 0 Å². The van der Waals surface area contributed by atoms with Gasteiger partial charge in [-0.3, -0.25) is 20.2 Å². The maximum Gasteiger partial charge on any atom is 0.310 e. The van der Waals surface area contributed by atoms with Gasteiger partial charge in [-0.1, -0.05) is 5.92 Å².